The Labute approximate surface area is 262 Å². The second-order valence-corrected chi connectivity index (χ2v) is 12.3. The second kappa shape index (κ2) is 13.0. The van der Waals surface area contributed by atoms with Crippen LogP contribution in [0.25, 0.3) is 21.8 Å². The van der Waals surface area contributed by atoms with Crippen molar-refractivity contribution < 1.29 is 19.1 Å². The Morgan fingerprint density at radius 1 is 1.00 bits per heavy atom. The maximum atomic E-state index is 13.9. The molecule has 1 aliphatic rings. The first-order valence-electron chi connectivity index (χ1n) is 15.0. The van der Waals surface area contributed by atoms with E-state index in [0.29, 0.717) is 47.5 Å². The lowest BCUT2D eigenvalue weighted by atomic mass is 9.85. The number of amides is 3. The Morgan fingerprint density at radius 2 is 1.80 bits per heavy atom. The van der Waals surface area contributed by atoms with Gasteiger partial charge in [0, 0.05) is 35.3 Å². The van der Waals surface area contributed by atoms with Gasteiger partial charge in [0.2, 0.25) is 17.7 Å². The van der Waals surface area contributed by atoms with Crippen molar-refractivity contribution in [2.75, 3.05) is 31.3 Å². The van der Waals surface area contributed by atoms with Gasteiger partial charge in [-0.1, -0.05) is 26.8 Å². The summed E-state index contributed by atoms with van der Waals surface area (Å²) in [6.07, 6.45) is 4.38. The van der Waals surface area contributed by atoms with E-state index >= 15 is 0 Å². The van der Waals surface area contributed by atoms with Crippen molar-refractivity contribution in [1.82, 2.24) is 30.5 Å². The Kier molecular flexibility index (Phi) is 9.14. The number of fused-ring (bicyclic) bond motifs is 2. The highest BCUT2D eigenvalue weighted by Crippen LogP contribution is 2.35. The standard InChI is InChI=1S/C33H40N8O4/c1-19(34-5)30(42)40-28(33(2,3)4)32(44)41-15-9-13-26(41)31(43)39-25-16-21-24(17-27(25)45-6)36-18-37-29(21)38-23-12-7-11-22-20(23)10-8-14-35-22/h7-8,10-12,14,16-19,26,28,34H,9,13,15H2,1-6H3,(H,39,43)(H,40,42)(H,36,37,38)/t19-,26?,28+/m0/s1. The number of nitrogens with zero attached hydrogens (tertiary/aromatic N) is 4. The first kappa shape index (κ1) is 31.6. The van der Waals surface area contributed by atoms with Gasteiger partial charge < -0.3 is 30.9 Å². The molecule has 45 heavy (non-hydrogen) atoms. The van der Waals surface area contributed by atoms with Crippen LogP contribution >= 0.6 is 0 Å². The molecule has 3 heterocycles. The Morgan fingerprint density at radius 3 is 2.53 bits per heavy atom. The molecule has 1 fully saturated rings. The molecule has 12 heteroatoms. The molecule has 4 N–H and O–H groups in total. The zero-order chi connectivity index (χ0) is 32.3. The molecule has 4 aromatic rings. The van der Waals surface area contributed by atoms with E-state index in [1.807, 2.05) is 51.1 Å². The van der Waals surface area contributed by atoms with Crippen LogP contribution in [-0.2, 0) is 14.4 Å². The van der Waals surface area contributed by atoms with Crippen LogP contribution in [0.15, 0.2) is 55.0 Å². The summed E-state index contributed by atoms with van der Waals surface area (Å²) in [6, 6.07) is 11.2. The zero-order valence-corrected chi connectivity index (χ0v) is 26.5. The number of hydrogen-bond donors (Lipinski definition) is 4. The highest BCUT2D eigenvalue weighted by atomic mass is 16.5. The van der Waals surface area contributed by atoms with E-state index in [1.54, 1.807) is 37.2 Å². The summed E-state index contributed by atoms with van der Waals surface area (Å²) in [4.78, 5) is 55.3. The minimum Gasteiger partial charge on any atom is -0.494 e. The van der Waals surface area contributed by atoms with Gasteiger partial charge in [0.05, 0.1) is 29.9 Å². The van der Waals surface area contributed by atoms with Gasteiger partial charge >= 0.3 is 0 Å². The summed E-state index contributed by atoms with van der Waals surface area (Å²) in [5.74, 6) is 0.0657. The molecule has 12 nitrogen and oxygen atoms in total. The van der Waals surface area contributed by atoms with Gasteiger partial charge in [0.15, 0.2) is 0 Å². The van der Waals surface area contributed by atoms with Gasteiger partial charge in [-0.15, -0.1) is 0 Å². The molecule has 0 radical (unpaired) electrons. The molecular weight excluding hydrogens is 572 g/mol. The van der Waals surface area contributed by atoms with Crippen LogP contribution in [0.2, 0.25) is 0 Å². The highest BCUT2D eigenvalue weighted by molar-refractivity contribution is 6.04. The third-order valence-electron chi connectivity index (χ3n) is 8.18. The summed E-state index contributed by atoms with van der Waals surface area (Å²) in [5.41, 5.74) is 2.14. The van der Waals surface area contributed by atoms with Crippen molar-refractivity contribution in [3.05, 3.63) is 55.0 Å². The Hall–Kier alpha value is -4.84. The number of anilines is 3. The normalized spacial score (nSPS) is 16.3. The minimum absolute atomic E-state index is 0.279. The average Bonchev–Trinajstić information content (AvgIpc) is 3.53. The predicted octanol–water partition coefficient (Wildman–Crippen LogP) is 4.00. The number of rotatable bonds is 9. The van der Waals surface area contributed by atoms with Crippen LogP contribution in [-0.4, -0.2) is 76.4 Å². The first-order valence-corrected chi connectivity index (χ1v) is 15.0. The lowest BCUT2D eigenvalue weighted by Gasteiger charge is -2.36. The summed E-state index contributed by atoms with van der Waals surface area (Å²) in [7, 11) is 3.21. The number of benzene rings is 2. The molecule has 1 saturated heterocycles. The quantitative estimate of drug-likeness (QED) is 0.220. The topological polar surface area (TPSA) is 150 Å². The molecule has 0 aliphatic carbocycles. The monoisotopic (exact) mass is 612 g/mol. The van der Waals surface area contributed by atoms with Gasteiger partial charge in [0.1, 0.15) is 30.0 Å². The first-order chi connectivity index (χ1) is 21.5. The lowest BCUT2D eigenvalue weighted by Crippen LogP contribution is -2.59. The van der Waals surface area contributed by atoms with Gasteiger partial charge in [0.25, 0.3) is 0 Å². The van der Waals surface area contributed by atoms with E-state index in [1.165, 1.54) is 13.4 Å². The molecule has 1 aliphatic heterocycles. The van der Waals surface area contributed by atoms with E-state index < -0.39 is 23.5 Å². The maximum absolute atomic E-state index is 13.9. The molecule has 236 valence electrons. The zero-order valence-electron chi connectivity index (χ0n) is 26.5. The Balaban J connectivity index is 1.42. The van der Waals surface area contributed by atoms with Crippen LogP contribution in [0.3, 0.4) is 0 Å². The third-order valence-corrected chi connectivity index (χ3v) is 8.18. The van der Waals surface area contributed by atoms with Crippen molar-refractivity contribution in [3.63, 3.8) is 0 Å². The number of ether oxygens (including phenoxy) is 1. The number of methoxy groups -OCH3 is 1. The van der Waals surface area contributed by atoms with Crippen molar-refractivity contribution in [1.29, 1.82) is 0 Å². The largest absolute Gasteiger partial charge is 0.494 e. The summed E-state index contributed by atoms with van der Waals surface area (Å²) < 4.78 is 5.63. The highest BCUT2D eigenvalue weighted by Gasteiger charge is 2.42. The summed E-state index contributed by atoms with van der Waals surface area (Å²) in [6.45, 7) is 7.83. The molecule has 1 unspecified atom stereocenters. The van der Waals surface area contributed by atoms with Crippen LogP contribution < -0.4 is 26.0 Å². The van der Waals surface area contributed by atoms with Crippen LogP contribution in [0, 0.1) is 5.41 Å². The van der Waals surface area contributed by atoms with Crippen molar-refractivity contribution in [2.24, 2.45) is 5.41 Å². The van der Waals surface area contributed by atoms with Gasteiger partial charge in [-0.25, -0.2) is 9.97 Å². The molecule has 0 saturated carbocycles. The fourth-order valence-electron chi connectivity index (χ4n) is 5.52. The van der Waals surface area contributed by atoms with Gasteiger partial charge in [-0.2, -0.15) is 0 Å². The molecule has 0 spiro atoms. The second-order valence-electron chi connectivity index (χ2n) is 12.3. The van der Waals surface area contributed by atoms with Crippen LogP contribution in [0.1, 0.15) is 40.5 Å². The number of hydrogen-bond acceptors (Lipinski definition) is 9. The Bertz CT molecular complexity index is 1730. The molecule has 3 atom stereocenters. The maximum Gasteiger partial charge on any atom is 0.247 e. The SMILES string of the molecule is CN[C@@H](C)C(=O)N[C@H](C(=O)N1CCCC1C(=O)Nc1cc2c(Nc3cccc4ncccc34)ncnc2cc1OC)C(C)(C)C. The number of likely N-dealkylation sites (N-methyl/N-ethyl adjacent to an activating group) is 1. The average molecular weight is 613 g/mol. The van der Waals surface area contributed by atoms with E-state index in [9.17, 15) is 14.4 Å². The van der Waals surface area contributed by atoms with Crippen LogP contribution in [0.5, 0.6) is 5.75 Å². The minimum atomic E-state index is -0.806. The molecule has 5 rings (SSSR count). The molecule has 2 aromatic carbocycles. The number of likely N-dealkylation sites (tertiary alicyclic amines) is 1. The fraction of sp³-hybridized carbons (Fsp3) is 0.394. The summed E-state index contributed by atoms with van der Waals surface area (Å²) in [5, 5.41) is 13.8. The molecule has 3 amide bonds. The van der Waals surface area contributed by atoms with Gasteiger partial charge in [-0.3, -0.25) is 19.4 Å². The molecular formula is C33H40N8O4. The molecule has 0 bridgehead atoms. The lowest BCUT2D eigenvalue weighted by molar-refractivity contribution is -0.143. The summed E-state index contributed by atoms with van der Waals surface area (Å²) >= 11 is 0. The smallest absolute Gasteiger partial charge is 0.247 e. The third kappa shape index (κ3) is 6.65. The van der Waals surface area contributed by atoms with Gasteiger partial charge in [-0.05, 0) is 62.6 Å². The number of pyridine rings is 1. The van der Waals surface area contributed by atoms with E-state index in [2.05, 4.69) is 36.2 Å². The van der Waals surface area contributed by atoms with Crippen LogP contribution in [0.4, 0.5) is 17.2 Å². The number of aromatic nitrogens is 3. The van der Waals surface area contributed by atoms with E-state index in [-0.39, 0.29) is 17.7 Å². The van der Waals surface area contributed by atoms with Crippen molar-refractivity contribution in [3.8, 4) is 5.75 Å². The van der Waals surface area contributed by atoms with Crippen molar-refractivity contribution >= 4 is 56.7 Å². The van der Waals surface area contributed by atoms with E-state index in [4.69, 9.17) is 4.74 Å². The number of carbonyl (C=O) groups is 3. The number of carbonyl (C=O) groups excluding carboxylic acids is 3. The predicted molar refractivity (Wildman–Crippen MR) is 174 cm³/mol. The molecule has 2 aromatic heterocycles. The van der Waals surface area contributed by atoms with E-state index in [0.717, 1.165) is 16.6 Å². The number of nitrogens with one attached hydrogen (secondary N) is 4. The van der Waals surface area contributed by atoms with Crippen molar-refractivity contribution in [2.45, 2.75) is 58.7 Å². The fourth-order valence-corrected chi connectivity index (χ4v) is 5.52.